The topological polar surface area (TPSA) is 119 Å². The molecule has 1 saturated heterocycles. The van der Waals surface area contributed by atoms with E-state index in [9.17, 15) is 13.2 Å². The largest absolute Gasteiger partial charge is 0.379 e. The van der Waals surface area contributed by atoms with Crippen LogP contribution in [0.15, 0.2) is 4.63 Å². The number of nitrogens with two attached hydrogens (primary N) is 1. The van der Waals surface area contributed by atoms with Gasteiger partial charge in [0.2, 0.25) is 11.5 Å². The highest BCUT2D eigenvalue weighted by Gasteiger charge is 2.26. The molecule has 2 N–H and O–H groups in total. The molecule has 2 rings (SSSR count). The summed E-state index contributed by atoms with van der Waals surface area (Å²) in [5, 5.41) is 6.72. The molecule has 1 aliphatic rings. The van der Waals surface area contributed by atoms with Crippen molar-refractivity contribution in [2.45, 2.75) is 6.42 Å². The van der Waals surface area contributed by atoms with E-state index in [1.165, 1.54) is 4.90 Å². The summed E-state index contributed by atoms with van der Waals surface area (Å²) in [6.45, 7) is 0.512. The molecule has 1 fully saturated rings. The monoisotopic (exact) mass is 260 g/mol. The quantitative estimate of drug-likeness (QED) is 0.681. The summed E-state index contributed by atoms with van der Waals surface area (Å²) in [4.78, 5) is 13.3. The Balaban J connectivity index is 2.14. The van der Waals surface area contributed by atoms with Crippen molar-refractivity contribution in [2.75, 3.05) is 30.3 Å². The van der Waals surface area contributed by atoms with Gasteiger partial charge in [0.1, 0.15) is 0 Å². The number of sulfone groups is 1. The van der Waals surface area contributed by atoms with Crippen molar-refractivity contribution >= 4 is 21.6 Å². The Morgan fingerprint density at radius 2 is 2.06 bits per heavy atom. The number of hydrogen-bond donors (Lipinski definition) is 1. The Morgan fingerprint density at radius 1 is 1.29 bits per heavy atom. The lowest BCUT2D eigenvalue weighted by Gasteiger charge is -2.17. The number of anilines is 1. The van der Waals surface area contributed by atoms with Crippen LogP contribution in [0.1, 0.15) is 16.9 Å². The molecule has 94 valence electrons. The molecule has 0 spiro atoms. The zero-order valence-corrected chi connectivity index (χ0v) is 9.81. The highest BCUT2D eigenvalue weighted by atomic mass is 32.2. The zero-order valence-electron chi connectivity index (χ0n) is 9.00. The minimum absolute atomic E-state index is 0.0378. The van der Waals surface area contributed by atoms with E-state index < -0.39 is 15.7 Å². The van der Waals surface area contributed by atoms with Gasteiger partial charge >= 0.3 is 0 Å². The number of carbonyl (C=O) groups is 1. The molecule has 0 bridgehead atoms. The average Bonchev–Trinajstić information content (AvgIpc) is 2.59. The first-order chi connectivity index (χ1) is 7.99. The van der Waals surface area contributed by atoms with Crippen LogP contribution in [0.5, 0.6) is 0 Å². The van der Waals surface area contributed by atoms with Gasteiger partial charge in [-0.25, -0.2) is 13.0 Å². The fourth-order valence-corrected chi connectivity index (χ4v) is 2.91. The van der Waals surface area contributed by atoms with Crippen LogP contribution >= 0.6 is 0 Å². The second kappa shape index (κ2) is 4.32. The summed E-state index contributed by atoms with van der Waals surface area (Å²) < 4.78 is 27.1. The van der Waals surface area contributed by atoms with Crippen molar-refractivity contribution in [3.8, 4) is 0 Å². The number of amides is 1. The summed E-state index contributed by atoms with van der Waals surface area (Å²) >= 11 is 0. The number of rotatable bonds is 1. The predicted octanol–water partition coefficient (Wildman–Crippen LogP) is -1.09. The van der Waals surface area contributed by atoms with Gasteiger partial charge in [0, 0.05) is 13.1 Å². The molecule has 0 aromatic carbocycles. The second-order valence-electron chi connectivity index (χ2n) is 3.80. The van der Waals surface area contributed by atoms with Crippen LogP contribution in [-0.4, -0.2) is 54.1 Å². The molecule has 0 unspecified atom stereocenters. The van der Waals surface area contributed by atoms with E-state index in [2.05, 4.69) is 14.9 Å². The Hall–Kier alpha value is -1.64. The van der Waals surface area contributed by atoms with Crippen LogP contribution in [0, 0.1) is 0 Å². The fourth-order valence-electron chi connectivity index (χ4n) is 1.64. The zero-order chi connectivity index (χ0) is 12.5. The summed E-state index contributed by atoms with van der Waals surface area (Å²) in [5.74, 6) is -0.462. The van der Waals surface area contributed by atoms with Crippen molar-refractivity contribution in [1.29, 1.82) is 0 Å². The molecular formula is C8H12N4O4S. The summed E-state index contributed by atoms with van der Waals surface area (Å²) in [7, 11) is -3.05. The molecule has 0 radical (unpaired) electrons. The molecule has 1 aliphatic heterocycles. The average molecular weight is 260 g/mol. The Bertz CT molecular complexity index is 523. The van der Waals surface area contributed by atoms with Crippen molar-refractivity contribution in [3.05, 3.63) is 5.69 Å². The molecule has 9 heteroatoms. The molecule has 1 aromatic rings. The summed E-state index contributed by atoms with van der Waals surface area (Å²) in [5.41, 5.74) is 5.34. The highest BCUT2D eigenvalue weighted by Crippen LogP contribution is 2.12. The van der Waals surface area contributed by atoms with Crippen LogP contribution in [-0.2, 0) is 9.84 Å². The van der Waals surface area contributed by atoms with E-state index in [1.54, 1.807) is 0 Å². The maximum Gasteiger partial charge on any atom is 0.280 e. The number of nitrogen functional groups attached to an aromatic ring is 1. The lowest BCUT2D eigenvalue weighted by molar-refractivity contribution is 0.0758. The SMILES string of the molecule is Nc1nonc1C(=O)N1CCCS(=O)(=O)CC1. The van der Waals surface area contributed by atoms with Crippen LogP contribution in [0.4, 0.5) is 5.82 Å². The third kappa shape index (κ3) is 2.54. The van der Waals surface area contributed by atoms with Crippen molar-refractivity contribution in [2.24, 2.45) is 0 Å². The molecule has 0 aliphatic carbocycles. The minimum Gasteiger partial charge on any atom is -0.379 e. The van der Waals surface area contributed by atoms with E-state index in [4.69, 9.17) is 5.73 Å². The van der Waals surface area contributed by atoms with Gasteiger partial charge in [-0.2, -0.15) is 0 Å². The smallest absolute Gasteiger partial charge is 0.280 e. The van der Waals surface area contributed by atoms with Crippen molar-refractivity contribution in [3.63, 3.8) is 0 Å². The van der Waals surface area contributed by atoms with E-state index in [1.807, 2.05) is 0 Å². The molecule has 8 nitrogen and oxygen atoms in total. The van der Waals surface area contributed by atoms with E-state index in [0.29, 0.717) is 13.0 Å². The lowest BCUT2D eigenvalue weighted by Crippen LogP contribution is -2.34. The third-order valence-electron chi connectivity index (χ3n) is 2.56. The van der Waals surface area contributed by atoms with Gasteiger partial charge in [0.05, 0.1) is 11.5 Å². The Morgan fingerprint density at radius 3 is 2.71 bits per heavy atom. The second-order valence-corrected chi connectivity index (χ2v) is 6.10. The van der Waals surface area contributed by atoms with Gasteiger partial charge in [-0.1, -0.05) is 0 Å². The maximum absolute atomic E-state index is 11.9. The molecule has 1 amide bonds. The van der Waals surface area contributed by atoms with Crippen molar-refractivity contribution in [1.82, 2.24) is 15.2 Å². The molecule has 2 heterocycles. The van der Waals surface area contributed by atoms with Gasteiger partial charge in [-0.05, 0) is 16.7 Å². The Kier molecular flexibility index (Phi) is 3.01. The normalized spacial score (nSPS) is 19.9. The standard InChI is InChI=1S/C8H12N4O4S/c9-7-6(10-16-11-7)8(13)12-2-1-4-17(14,15)5-3-12/h1-5H2,(H2,9,11). The first kappa shape index (κ1) is 11.8. The summed E-state index contributed by atoms with van der Waals surface area (Å²) in [6.07, 6.45) is 0.416. The molecule has 0 saturated carbocycles. The highest BCUT2D eigenvalue weighted by molar-refractivity contribution is 7.91. The predicted molar refractivity (Wildman–Crippen MR) is 57.9 cm³/mol. The van der Waals surface area contributed by atoms with Crippen molar-refractivity contribution < 1.29 is 17.8 Å². The van der Waals surface area contributed by atoms with Gasteiger partial charge in [0.15, 0.2) is 9.84 Å². The maximum atomic E-state index is 11.9. The van der Waals surface area contributed by atoms with Crippen LogP contribution in [0.3, 0.4) is 0 Å². The Labute approximate surface area is 97.6 Å². The first-order valence-corrected chi connectivity index (χ1v) is 6.89. The molecule has 1 aromatic heterocycles. The van der Waals surface area contributed by atoms with Gasteiger partial charge in [-0.15, -0.1) is 0 Å². The molecule has 0 atom stereocenters. The number of carbonyl (C=O) groups excluding carboxylic acids is 1. The third-order valence-corrected chi connectivity index (χ3v) is 4.27. The van der Waals surface area contributed by atoms with Crippen LogP contribution < -0.4 is 5.73 Å². The van der Waals surface area contributed by atoms with Gasteiger partial charge < -0.3 is 10.6 Å². The fraction of sp³-hybridized carbons (Fsp3) is 0.625. The number of nitrogens with zero attached hydrogens (tertiary/aromatic N) is 3. The lowest BCUT2D eigenvalue weighted by atomic mass is 10.3. The number of aromatic nitrogens is 2. The first-order valence-electron chi connectivity index (χ1n) is 5.07. The van der Waals surface area contributed by atoms with Gasteiger partial charge in [-0.3, -0.25) is 4.79 Å². The molecule has 17 heavy (non-hydrogen) atoms. The van der Waals surface area contributed by atoms with E-state index >= 15 is 0 Å². The van der Waals surface area contributed by atoms with E-state index in [-0.39, 0.29) is 29.6 Å². The summed E-state index contributed by atoms with van der Waals surface area (Å²) in [6, 6.07) is 0. The van der Waals surface area contributed by atoms with E-state index in [0.717, 1.165) is 0 Å². The number of hydrogen-bond acceptors (Lipinski definition) is 7. The minimum atomic E-state index is -3.05. The van der Waals surface area contributed by atoms with Gasteiger partial charge in [0.25, 0.3) is 5.91 Å². The van der Waals surface area contributed by atoms with Crippen LogP contribution in [0.25, 0.3) is 0 Å². The molecular weight excluding hydrogens is 248 g/mol. The van der Waals surface area contributed by atoms with Crippen LogP contribution in [0.2, 0.25) is 0 Å².